The fraction of sp³-hybridized carbons (Fsp3) is 0.250. The number of nitrogens with one attached hydrogen (secondary N) is 2. The Morgan fingerprint density at radius 1 is 1.15 bits per heavy atom. The van der Waals surface area contributed by atoms with Gasteiger partial charge in [-0.25, -0.2) is 14.6 Å². The minimum absolute atomic E-state index is 0.0790. The number of amides is 2. The summed E-state index contributed by atoms with van der Waals surface area (Å²) >= 11 is 1.27. The highest BCUT2D eigenvalue weighted by atomic mass is 32.2. The Morgan fingerprint density at radius 2 is 1.94 bits per heavy atom. The van der Waals surface area contributed by atoms with E-state index in [2.05, 4.69) is 10.6 Å². The second kappa shape index (κ2) is 9.50. The third kappa shape index (κ3) is 4.63. The molecule has 2 heterocycles. The fourth-order valence-electron chi connectivity index (χ4n) is 3.51. The van der Waals surface area contributed by atoms with Crippen molar-refractivity contribution in [2.45, 2.75) is 25.9 Å². The molecule has 2 N–H and O–H groups in total. The number of carbonyl (C=O) groups is 2. The van der Waals surface area contributed by atoms with Crippen molar-refractivity contribution < 1.29 is 14.3 Å². The molecule has 0 saturated carbocycles. The number of rotatable bonds is 6. The summed E-state index contributed by atoms with van der Waals surface area (Å²) in [7, 11) is 0. The van der Waals surface area contributed by atoms with Crippen LogP contribution in [0.1, 0.15) is 18.1 Å². The highest BCUT2D eigenvalue weighted by Gasteiger charge is 2.24. The van der Waals surface area contributed by atoms with Gasteiger partial charge in [0.1, 0.15) is 0 Å². The zero-order valence-electron chi connectivity index (χ0n) is 18.6. The summed E-state index contributed by atoms with van der Waals surface area (Å²) in [5.74, 6) is -0.254. The van der Waals surface area contributed by atoms with E-state index in [1.54, 1.807) is 23.6 Å². The molecule has 0 radical (unpaired) electrons. The van der Waals surface area contributed by atoms with Crippen LogP contribution < -0.4 is 16.2 Å². The maximum atomic E-state index is 13.5. The normalized spacial score (nSPS) is 13.6. The van der Waals surface area contributed by atoms with Gasteiger partial charge in [-0.15, -0.1) is 0 Å². The maximum absolute atomic E-state index is 13.5. The van der Waals surface area contributed by atoms with E-state index < -0.39 is 12.0 Å². The highest BCUT2D eigenvalue weighted by molar-refractivity contribution is 7.99. The van der Waals surface area contributed by atoms with Gasteiger partial charge in [0.25, 0.3) is 5.56 Å². The van der Waals surface area contributed by atoms with E-state index in [0.29, 0.717) is 33.0 Å². The Labute approximate surface area is 195 Å². The molecule has 0 saturated heterocycles. The molecule has 2 amide bonds. The molecule has 2 aromatic carbocycles. The highest BCUT2D eigenvalue weighted by Crippen LogP contribution is 2.25. The van der Waals surface area contributed by atoms with Gasteiger partial charge in [-0.2, -0.15) is 0 Å². The molecule has 0 aliphatic carbocycles. The van der Waals surface area contributed by atoms with Gasteiger partial charge in [0.15, 0.2) is 5.16 Å². The molecule has 170 valence electrons. The lowest BCUT2D eigenvalue weighted by Crippen LogP contribution is -2.44. The average Bonchev–Trinajstić information content (AvgIpc) is 2.80. The van der Waals surface area contributed by atoms with Crippen LogP contribution in [0, 0.1) is 13.8 Å². The lowest BCUT2D eigenvalue weighted by molar-refractivity contribution is -0.138. The molecule has 1 aliphatic rings. The average molecular weight is 465 g/mol. The number of urea groups is 1. The Hall–Kier alpha value is -3.59. The van der Waals surface area contributed by atoms with Crippen molar-refractivity contribution in [3.8, 4) is 5.69 Å². The summed E-state index contributed by atoms with van der Waals surface area (Å²) in [6, 6.07) is 12.6. The Kier molecular flexibility index (Phi) is 6.50. The van der Waals surface area contributed by atoms with E-state index in [0.717, 1.165) is 11.1 Å². The van der Waals surface area contributed by atoms with E-state index in [-0.39, 0.29) is 24.5 Å². The minimum Gasteiger partial charge on any atom is -0.463 e. The van der Waals surface area contributed by atoms with Crippen LogP contribution in [0.15, 0.2) is 63.7 Å². The number of hydrogen-bond acceptors (Lipinski definition) is 6. The van der Waals surface area contributed by atoms with Crippen LogP contribution in [0.4, 0.5) is 4.79 Å². The van der Waals surface area contributed by atoms with Gasteiger partial charge in [0.2, 0.25) is 0 Å². The summed E-state index contributed by atoms with van der Waals surface area (Å²) < 4.78 is 6.70. The van der Waals surface area contributed by atoms with Crippen LogP contribution in [-0.2, 0) is 9.53 Å². The van der Waals surface area contributed by atoms with E-state index in [1.165, 1.54) is 11.8 Å². The van der Waals surface area contributed by atoms with Gasteiger partial charge in [-0.3, -0.25) is 9.36 Å². The standard InChI is InChI=1S/C24H24N4O4S/c1-4-32-22(30)18-12-25-23(31)26-20(18)13-33-24-27-19-8-6-5-7-17(19)21(29)28(24)16-10-9-14(2)15(3)11-16/h5-11H,4,12-13H2,1-3H3,(H2,25,26,31). The van der Waals surface area contributed by atoms with Crippen molar-refractivity contribution in [1.29, 1.82) is 0 Å². The van der Waals surface area contributed by atoms with Crippen LogP contribution >= 0.6 is 11.8 Å². The first-order chi connectivity index (χ1) is 15.9. The monoisotopic (exact) mass is 464 g/mol. The summed E-state index contributed by atoms with van der Waals surface area (Å²) in [4.78, 5) is 42.5. The second-order valence-corrected chi connectivity index (χ2v) is 8.54. The van der Waals surface area contributed by atoms with Crippen molar-refractivity contribution in [2.75, 3.05) is 18.9 Å². The van der Waals surface area contributed by atoms with Crippen molar-refractivity contribution in [2.24, 2.45) is 0 Å². The van der Waals surface area contributed by atoms with Crippen LogP contribution in [0.2, 0.25) is 0 Å². The Balaban J connectivity index is 1.79. The number of esters is 1. The Morgan fingerprint density at radius 3 is 2.70 bits per heavy atom. The molecular formula is C24H24N4O4S. The lowest BCUT2D eigenvalue weighted by atomic mass is 10.1. The minimum atomic E-state index is -0.487. The van der Waals surface area contributed by atoms with E-state index in [9.17, 15) is 14.4 Å². The summed E-state index contributed by atoms with van der Waals surface area (Å²) in [5.41, 5.74) is 4.08. The van der Waals surface area contributed by atoms with Crippen molar-refractivity contribution in [1.82, 2.24) is 20.2 Å². The van der Waals surface area contributed by atoms with Crippen LogP contribution in [0.5, 0.6) is 0 Å². The summed E-state index contributed by atoms with van der Waals surface area (Å²) in [6.07, 6.45) is 0. The maximum Gasteiger partial charge on any atom is 0.337 e. The number of carbonyl (C=O) groups excluding carboxylic acids is 2. The van der Waals surface area contributed by atoms with Gasteiger partial charge in [-0.1, -0.05) is 30.0 Å². The number of aryl methyl sites for hydroxylation is 2. The molecule has 8 nitrogen and oxygen atoms in total. The van der Waals surface area contributed by atoms with Gasteiger partial charge >= 0.3 is 12.0 Å². The zero-order chi connectivity index (χ0) is 23.5. The number of ether oxygens (including phenoxy) is 1. The molecule has 0 atom stereocenters. The second-order valence-electron chi connectivity index (χ2n) is 7.59. The molecule has 0 unspecified atom stereocenters. The van der Waals surface area contributed by atoms with Gasteiger partial charge in [0.05, 0.1) is 35.3 Å². The predicted molar refractivity (Wildman–Crippen MR) is 128 cm³/mol. The molecule has 0 fully saturated rings. The molecule has 9 heteroatoms. The number of aromatic nitrogens is 2. The molecular weight excluding hydrogens is 440 g/mol. The number of nitrogens with zero attached hydrogens (tertiary/aromatic N) is 2. The smallest absolute Gasteiger partial charge is 0.337 e. The SMILES string of the molecule is CCOC(=O)C1=C(CSc2nc3ccccc3c(=O)n2-c2ccc(C)c(C)c2)NC(=O)NC1. The third-order valence-electron chi connectivity index (χ3n) is 5.42. The quantitative estimate of drug-likeness (QED) is 0.330. The molecule has 1 aromatic heterocycles. The van der Waals surface area contributed by atoms with E-state index in [1.807, 2.05) is 44.2 Å². The van der Waals surface area contributed by atoms with E-state index >= 15 is 0 Å². The molecule has 0 spiro atoms. The van der Waals surface area contributed by atoms with E-state index in [4.69, 9.17) is 9.72 Å². The topological polar surface area (TPSA) is 102 Å². The van der Waals surface area contributed by atoms with Crippen LogP contribution in [0.25, 0.3) is 16.6 Å². The molecule has 33 heavy (non-hydrogen) atoms. The number of fused-ring (bicyclic) bond motifs is 1. The zero-order valence-corrected chi connectivity index (χ0v) is 19.4. The van der Waals surface area contributed by atoms with Gasteiger partial charge < -0.3 is 15.4 Å². The summed E-state index contributed by atoms with van der Waals surface area (Å²) in [6.45, 7) is 6.04. The fourth-order valence-corrected chi connectivity index (χ4v) is 4.51. The largest absolute Gasteiger partial charge is 0.463 e. The number of benzene rings is 2. The Bertz CT molecular complexity index is 1350. The number of hydrogen-bond donors (Lipinski definition) is 2. The van der Waals surface area contributed by atoms with Gasteiger partial charge in [-0.05, 0) is 56.2 Å². The van der Waals surface area contributed by atoms with Crippen molar-refractivity contribution in [3.63, 3.8) is 0 Å². The van der Waals surface area contributed by atoms with Crippen LogP contribution in [-0.4, -0.2) is 40.5 Å². The van der Waals surface area contributed by atoms with Crippen molar-refractivity contribution >= 4 is 34.7 Å². The predicted octanol–water partition coefficient (Wildman–Crippen LogP) is 3.22. The number of thioether (sulfide) groups is 1. The van der Waals surface area contributed by atoms with Crippen molar-refractivity contribution in [3.05, 3.63) is 75.2 Å². The first-order valence-corrected chi connectivity index (χ1v) is 11.5. The first kappa shape index (κ1) is 22.6. The lowest BCUT2D eigenvalue weighted by Gasteiger charge is -2.21. The van der Waals surface area contributed by atoms with Gasteiger partial charge in [0, 0.05) is 11.4 Å². The third-order valence-corrected chi connectivity index (χ3v) is 6.38. The molecule has 3 aromatic rings. The first-order valence-electron chi connectivity index (χ1n) is 10.5. The molecule has 1 aliphatic heterocycles. The summed E-state index contributed by atoms with van der Waals surface area (Å²) in [5, 5.41) is 6.27. The van der Waals surface area contributed by atoms with Crippen LogP contribution in [0.3, 0.4) is 0 Å². The number of para-hydroxylation sites is 1. The molecule has 0 bridgehead atoms. The molecule has 4 rings (SSSR count).